The van der Waals surface area contributed by atoms with E-state index in [0.717, 1.165) is 68.4 Å². The summed E-state index contributed by atoms with van der Waals surface area (Å²) in [6.07, 6.45) is 7.83. The fraction of sp³-hybridized carbons (Fsp3) is 0.417. The van der Waals surface area contributed by atoms with Crippen molar-refractivity contribution < 1.29 is 0 Å². The number of rotatable bonds is 3. The average molecular weight is 437 g/mol. The fourth-order valence-electron chi connectivity index (χ4n) is 4.99. The number of piperazine rings is 1. The number of nitrogen functional groups attached to an aromatic ring is 1. The molecule has 1 aromatic heterocycles. The van der Waals surface area contributed by atoms with E-state index in [9.17, 15) is 0 Å². The van der Waals surface area contributed by atoms with Gasteiger partial charge in [-0.1, -0.05) is 41.5 Å². The Labute approximate surface area is 188 Å². The van der Waals surface area contributed by atoms with Crippen molar-refractivity contribution in [2.45, 2.75) is 31.2 Å². The molecule has 0 amide bonds. The maximum absolute atomic E-state index is 6.82. The molecule has 7 heteroatoms. The first-order valence-electron chi connectivity index (χ1n) is 10.9. The molecule has 1 atom stereocenters. The van der Waals surface area contributed by atoms with E-state index >= 15 is 0 Å². The van der Waals surface area contributed by atoms with Gasteiger partial charge < -0.3 is 21.3 Å². The third-order valence-corrected chi connectivity index (χ3v) is 6.94. The Balaban J connectivity index is 1.44. The van der Waals surface area contributed by atoms with E-state index in [1.165, 1.54) is 22.3 Å². The number of aromatic nitrogens is 2. The molecule has 1 aliphatic heterocycles. The van der Waals surface area contributed by atoms with Crippen LogP contribution in [0.25, 0.3) is 5.57 Å². The number of anilines is 2. The molecule has 1 saturated heterocycles. The Morgan fingerprint density at radius 1 is 1.06 bits per heavy atom. The van der Waals surface area contributed by atoms with E-state index < -0.39 is 5.54 Å². The Kier molecular flexibility index (Phi) is 5.24. The van der Waals surface area contributed by atoms with Gasteiger partial charge in [-0.05, 0) is 56.0 Å². The lowest BCUT2D eigenvalue weighted by Crippen LogP contribution is -2.45. The molecule has 0 bridgehead atoms. The van der Waals surface area contributed by atoms with Crippen LogP contribution in [0.4, 0.5) is 11.8 Å². The number of nitrogens with two attached hydrogens (primary N) is 2. The molecule has 6 nitrogen and oxygen atoms in total. The maximum Gasteiger partial charge on any atom is 0.222 e. The van der Waals surface area contributed by atoms with Gasteiger partial charge in [0, 0.05) is 42.3 Å². The fourth-order valence-corrected chi connectivity index (χ4v) is 5.12. The second-order valence-electron chi connectivity index (χ2n) is 9.09. The van der Waals surface area contributed by atoms with Gasteiger partial charge in [-0.3, -0.25) is 0 Å². The van der Waals surface area contributed by atoms with Crippen molar-refractivity contribution in [3.8, 4) is 0 Å². The first-order chi connectivity index (χ1) is 14.9. The minimum Gasteiger partial charge on any atom is -0.368 e. The summed E-state index contributed by atoms with van der Waals surface area (Å²) in [4.78, 5) is 14.0. The Bertz CT molecular complexity index is 1050. The van der Waals surface area contributed by atoms with Crippen LogP contribution in [-0.4, -0.2) is 53.6 Å². The van der Waals surface area contributed by atoms with Crippen LogP contribution in [-0.2, 0) is 12.8 Å². The molecule has 3 aliphatic rings. The number of halogens is 1. The molecule has 1 aromatic carbocycles. The standard InChI is InChI=1S/C24H29ClN6/c1-30-10-12-31(13-11-30)22-20-7-4-17-15-24(27,14-16-2-5-18(25)6-3-16)9-8-19(17)21(20)28-23(26)29-22/h2-3,5-6,8-9H,4,7,10-15,27H2,1H3,(H2,26,28,29). The van der Waals surface area contributed by atoms with Gasteiger partial charge >= 0.3 is 0 Å². The molecule has 2 heterocycles. The average Bonchev–Trinajstić information content (AvgIpc) is 2.75. The number of benzene rings is 1. The summed E-state index contributed by atoms with van der Waals surface area (Å²) in [5.74, 6) is 1.36. The zero-order valence-corrected chi connectivity index (χ0v) is 18.7. The van der Waals surface area contributed by atoms with Crippen LogP contribution in [0.15, 0.2) is 42.0 Å². The third kappa shape index (κ3) is 4.07. The summed E-state index contributed by atoms with van der Waals surface area (Å²) < 4.78 is 0. The first-order valence-corrected chi connectivity index (χ1v) is 11.3. The largest absolute Gasteiger partial charge is 0.368 e. The van der Waals surface area contributed by atoms with E-state index in [1.54, 1.807) is 0 Å². The van der Waals surface area contributed by atoms with Gasteiger partial charge in [0.25, 0.3) is 0 Å². The molecule has 1 fully saturated rings. The molecule has 0 radical (unpaired) electrons. The summed E-state index contributed by atoms with van der Waals surface area (Å²) in [7, 11) is 2.16. The molecular formula is C24H29ClN6. The Morgan fingerprint density at radius 2 is 1.81 bits per heavy atom. The van der Waals surface area contributed by atoms with Gasteiger partial charge in [0.15, 0.2) is 0 Å². The zero-order valence-electron chi connectivity index (χ0n) is 17.9. The van der Waals surface area contributed by atoms with Crippen LogP contribution >= 0.6 is 11.6 Å². The van der Waals surface area contributed by atoms with Gasteiger partial charge in [-0.25, -0.2) is 4.98 Å². The van der Waals surface area contributed by atoms with E-state index in [1.807, 2.05) is 12.1 Å². The molecule has 2 aromatic rings. The predicted molar refractivity (Wildman–Crippen MR) is 127 cm³/mol. The molecule has 1 unspecified atom stereocenters. The second kappa shape index (κ2) is 7.93. The summed E-state index contributed by atoms with van der Waals surface area (Å²) in [6, 6.07) is 7.96. The molecule has 4 N–H and O–H groups in total. The highest BCUT2D eigenvalue weighted by atomic mass is 35.5. The topological polar surface area (TPSA) is 84.3 Å². The number of likely N-dealkylation sites (N-methyl/N-ethyl adjacent to an activating group) is 1. The normalized spacial score (nSPS) is 23.6. The van der Waals surface area contributed by atoms with Crippen molar-refractivity contribution in [2.24, 2.45) is 5.73 Å². The van der Waals surface area contributed by atoms with Crippen molar-refractivity contribution >= 4 is 28.9 Å². The van der Waals surface area contributed by atoms with Crippen LogP contribution in [0.1, 0.15) is 29.7 Å². The molecule has 31 heavy (non-hydrogen) atoms. The van der Waals surface area contributed by atoms with E-state index in [4.69, 9.17) is 23.1 Å². The highest BCUT2D eigenvalue weighted by Crippen LogP contribution is 2.42. The molecular weight excluding hydrogens is 408 g/mol. The molecule has 162 valence electrons. The number of nitrogens with zero attached hydrogens (tertiary/aromatic N) is 4. The van der Waals surface area contributed by atoms with Crippen LogP contribution in [0.2, 0.25) is 5.02 Å². The smallest absolute Gasteiger partial charge is 0.222 e. The van der Waals surface area contributed by atoms with E-state index in [0.29, 0.717) is 5.95 Å². The summed E-state index contributed by atoms with van der Waals surface area (Å²) >= 11 is 6.04. The van der Waals surface area contributed by atoms with E-state index in [-0.39, 0.29) is 0 Å². The second-order valence-corrected chi connectivity index (χ2v) is 9.52. The van der Waals surface area contributed by atoms with Crippen molar-refractivity contribution in [2.75, 3.05) is 43.9 Å². The van der Waals surface area contributed by atoms with Crippen molar-refractivity contribution in [3.05, 3.63) is 63.8 Å². The maximum atomic E-state index is 6.82. The summed E-state index contributed by atoms with van der Waals surface area (Å²) in [6.45, 7) is 4.00. The lowest BCUT2D eigenvalue weighted by molar-refractivity contribution is 0.311. The third-order valence-electron chi connectivity index (χ3n) is 6.69. The molecule has 0 saturated carbocycles. The summed E-state index contributed by atoms with van der Waals surface area (Å²) in [5.41, 5.74) is 18.6. The SMILES string of the molecule is CN1CCN(c2nc(N)nc3c2CCC2=C3C=CC(N)(Cc3ccc(Cl)cc3)C2)CC1. The number of hydrogen-bond donors (Lipinski definition) is 2. The first kappa shape index (κ1) is 20.5. The monoisotopic (exact) mass is 436 g/mol. The number of fused-ring (bicyclic) bond motifs is 2. The van der Waals surface area contributed by atoms with Crippen molar-refractivity contribution in [3.63, 3.8) is 0 Å². The number of allylic oxidation sites excluding steroid dienone is 2. The van der Waals surface area contributed by atoms with Gasteiger partial charge in [0.05, 0.1) is 5.69 Å². The van der Waals surface area contributed by atoms with Gasteiger partial charge in [0.1, 0.15) is 5.82 Å². The summed E-state index contributed by atoms with van der Waals surface area (Å²) in [5, 5.41) is 0.747. The van der Waals surface area contributed by atoms with Gasteiger partial charge in [-0.2, -0.15) is 4.98 Å². The highest BCUT2D eigenvalue weighted by Gasteiger charge is 2.33. The minimum atomic E-state index is -0.400. The van der Waals surface area contributed by atoms with E-state index in [2.05, 4.69) is 51.1 Å². The lowest BCUT2D eigenvalue weighted by Gasteiger charge is -2.37. The Morgan fingerprint density at radius 3 is 2.55 bits per heavy atom. The van der Waals surface area contributed by atoms with Gasteiger partial charge in [0.2, 0.25) is 5.95 Å². The van der Waals surface area contributed by atoms with Crippen LogP contribution in [0.5, 0.6) is 0 Å². The lowest BCUT2D eigenvalue weighted by atomic mass is 9.75. The zero-order chi connectivity index (χ0) is 21.6. The van der Waals surface area contributed by atoms with Crippen LogP contribution in [0.3, 0.4) is 0 Å². The van der Waals surface area contributed by atoms with Crippen molar-refractivity contribution in [1.82, 2.24) is 14.9 Å². The molecule has 0 spiro atoms. The molecule has 5 rings (SSSR count). The molecule has 2 aliphatic carbocycles. The quantitative estimate of drug-likeness (QED) is 0.769. The highest BCUT2D eigenvalue weighted by molar-refractivity contribution is 6.30. The van der Waals surface area contributed by atoms with Crippen LogP contribution < -0.4 is 16.4 Å². The number of hydrogen-bond acceptors (Lipinski definition) is 6. The minimum absolute atomic E-state index is 0.348. The van der Waals surface area contributed by atoms with Crippen molar-refractivity contribution in [1.29, 1.82) is 0 Å². The Hall–Kier alpha value is -2.41. The van der Waals surface area contributed by atoms with Gasteiger partial charge in [-0.15, -0.1) is 0 Å². The van der Waals surface area contributed by atoms with Crippen LogP contribution in [0, 0.1) is 0 Å². The predicted octanol–water partition coefficient (Wildman–Crippen LogP) is 3.06.